The average molecular weight is 352 g/mol. The number of carbonyl (C=O) groups is 2. The van der Waals surface area contributed by atoms with Crippen molar-refractivity contribution in [2.75, 3.05) is 13.7 Å². The molecule has 0 spiro atoms. The average Bonchev–Trinajstić information content (AvgIpc) is 3.11. The van der Waals surface area contributed by atoms with Gasteiger partial charge < -0.3 is 9.47 Å². The Kier molecular flexibility index (Phi) is 5.64. The number of amides is 1. The molecule has 0 aliphatic carbocycles. The molecule has 1 aliphatic rings. The third-order valence-electron chi connectivity index (χ3n) is 3.59. The van der Waals surface area contributed by atoms with E-state index in [4.69, 9.17) is 9.47 Å². The van der Waals surface area contributed by atoms with Crippen LogP contribution in [0.5, 0.6) is 0 Å². The van der Waals surface area contributed by atoms with Crippen LogP contribution in [0.25, 0.3) is 0 Å². The zero-order chi connectivity index (χ0) is 17.9. The molecule has 132 valence electrons. The molecule has 2 heterocycles. The number of hydrogen-bond acceptors (Lipinski definition) is 6. The maximum atomic E-state index is 12.4. The maximum absolute atomic E-state index is 12.4. The van der Waals surface area contributed by atoms with Gasteiger partial charge in [-0.1, -0.05) is 6.08 Å². The molecule has 1 saturated heterocycles. The number of nitrogens with zero attached hydrogens (tertiary/aromatic N) is 2. The molecular weight excluding hydrogens is 328 g/mol. The second kappa shape index (κ2) is 7.34. The molecule has 6 nitrogen and oxygen atoms in total. The topological polar surface area (TPSA) is 68.7 Å². The molecule has 0 saturated carbocycles. The van der Waals surface area contributed by atoms with E-state index in [-0.39, 0.29) is 12.1 Å². The lowest BCUT2D eigenvalue weighted by Gasteiger charge is -2.27. The number of carbonyl (C=O) groups excluding carboxylic acids is 2. The first kappa shape index (κ1) is 18.4. The van der Waals surface area contributed by atoms with Crippen LogP contribution < -0.4 is 0 Å². The molecule has 1 aromatic rings. The minimum absolute atomic E-state index is 0.160. The van der Waals surface area contributed by atoms with Crippen LogP contribution in [-0.4, -0.2) is 41.2 Å². The Morgan fingerprint density at radius 1 is 1.46 bits per heavy atom. The first-order valence-corrected chi connectivity index (χ1v) is 8.77. The van der Waals surface area contributed by atoms with Crippen LogP contribution in [0.4, 0.5) is 4.79 Å². The summed E-state index contributed by atoms with van der Waals surface area (Å²) >= 11 is 1.43. The highest BCUT2D eigenvalue weighted by Gasteiger charge is 2.36. The fourth-order valence-electron chi connectivity index (χ4n) is 2.60. The van der Waals surface area contributed by atoms with Gasteiger partial charge in [0.15, 0.2) is 5.69 Å². The third-order valence-corrected chi connectivity index (χ3v) is 4.77. The molecule has 1 atom stereocenters. The maximum Gasteiger partial charge on any atom is 0.410 e. The van der Waals surface area contributed by atoms with E-state index in [0.29, 0.717) is 18.7 Å². The predicted octanol–water partition coefficient (Wildman–Crippen LogP) is 3.73. The van der Waals surface area contributed by atoms with Crippen molar-refractivity contribution in [1.29, 1.82) is 0 Å². The Bertz CT molecular complexity index is 633. The van der Waals surface area contributed by atoms with Crippen LogP contribution in [-0.2, 0) is 15.9 Å². The molecular formula is C17H24N2O4S. The minimum atomic E-state index is -0.543. The van der Waals surface area contributed by atoms with Gasteiger partial charge >= 0.3 is 12.1 Å². The van der Waals surface area contributed by atoms with E-state index >= 15 is 0 Å². The number of methoxy groups -OCH3 is 1. The van der Waals surface area contributed by atoms with Gasteiger partial charge in [0.1, 0.15) is 10.6 Å². The number of ether oxygens (including phenoxy) is 2. The van der Waals surface area contributed by atoms with E-state index in [1.54, 1.807) is 11.0 Å². The largest absolute Gasteiger partial charge is 0.464 e. The van der Waals surface area contributed by atoms with Gasteiger partial charge in [-0.15, -0.1) is 17.9 Å². The van der Waals surface area contributed by atoms with E-state index in [1.807, 2.05) is 20.8 Å². The Hall–Kier alpha value is -1.89. The van der Waals surface area contributed by atoms with Crippen molar-refractivity contribution in [3.05, 3.63) is 28.2 Å². The fraction of sp³-hybridized carbons (Fsp3) is 0.588. The van der Waals surface area contributed by atoms with Crippen molar-refractivity contribution in [3.8, 4) is 0 Å². The van der Waals surface area contributed by atoms with E-state index in [2.05, 4.69) is 11.6 Å². The second-order valence-corrected chi connectivity index (χ2v) is 7.76. The van der Waals surface area contributed by atoms with Gasteiger partial charge in [0.2, 0.25) is 0 Å². The summed E-state index contributed by atoms with van der Waals surface area (Å²) in [5.74, 6) is -0.462. The molecule has 24 heavy (non-hydrogen) atoms. The molecule has 1 aliphatic heterocycles. The van der Waals surface area contributed by atoms with E-state index in [0.717, 1.165) is 22.7 Å². The van der Waals surface area contributed by atoms with Crippen LogP contribution in [0.1, 0.15) is 60.0 Å². The van der Waals surface area contributed by atoms with Gasteiger partial charge in [0, 0.05) is 17.8 Å². The zero-order valence-electron chi connectivity index (χ0n) is 14.6. The van der Waals surface area contributed by atoms with E-state index in [1.165, 1.54) is 18.4 Å². The normalized spacial score (nSPS) is 17.7. The first-order chi connectivity index (χ1) is 11.3. The molecule has 2 rings (SSSR count). The quantitative estimate of drug-likeness (QED) is 0.610. The molecule has 0 aromatic carbocycles. The number of allylic oxidation sites excluding steroid dienone is 1. The summed E-state index contributed by atoms with van der Waals surface area (Å²) in [6, 6.07) is -0.160. The SMILES string of the molecule is C=CCc1sc([C@@H]2CCCN2C(=O)OC(C)(C)C)nc1C(=O)OC. The molecule has 7 heteroatoms. The third kappa shape index (κ3) is 4.14. The van der Waals surface area contributed by atoms with Gasteiger partial charge in [0.25, 0.3) is 0 Å². The van der Waals surface area contributed by atoms with Crippen molar-refractivity contribution >= 4 is 23.4 Å². The van der Waals surface area contributed by atoms with Crippen molar-refractivity contribution in [2.24, 2.45) is 0 Å². The highest BCUT2D eigenvalue weighted by atomic mass is 32.1. The van der Waals surface area contributed by atoms with Crippen molar-refractivity contribution in [1.82, 2.24) is 9.88 Å². The zero-order valence-corrected chi connectivity index (χ0v) is 15.4. The van der Waals surface area contributed by atoms with Gasteiger partial charge in [-0.2, -0.15) is 0 Å². The lowest BCUT2D eigenvalue weighted by Crippen LogP contribution is -2.36. The lowest BCUT2D eigenvalue weighted by atomic mass is 10.2. The smallest absolute Gasteiger partial charge is 0.410 e. The summed E-state index contributed by atoms with van der Waals surface area (Å²) in [5, 5.41) is 0.746. The van der Waals surface area contributed by atoms with Crippen molar-refractivity contribution < 1.29 is 19.1 Å². The minimum Gasteiger partial charge on any atom is -0.464 e. The number of likely N-dealkylation sites (tertiary alicyclic amines) is 1. The van der Waals surface area contributed by atoms with Crippen molar-refractivity contribution in [3.63, 3.8) is 0 Å². The Morgan fingerprint density at radius 3 is 2.75 bits per heavy atom. The highest BCUT2D eigenvalue weighted by Crippen LogP contribution is 2.36. The summed E-state index contributed by atoms with van der Waals surface area (Å²) < 4.78 is 10.3. The molecule has 1 aromatic heterocycles. The number of esters is 1. The summed E-state index contributed by atoms with van der Waals surface area (Å²) in [6.45, 7) is 9.88. The Morgan fingerprint density at radius 2 is 2.17 bits per heavy atom. The predicted molar refractivity (Wildman–Crippen MR) is 92.3 cm³/mol. The second-order valence-electron chi connectivity index (χ2n) is 6.64. The van der Waals surface area contributed by atoms with Crippen molar-refractivity contribution in [2.45, 2.75) is 51.7 Å². The van der Waals surface area contributed by atoms with Gasteiger partial charge in [-0.05, 0) is 33.6 Å². The lowest BCUT2D eigenvalue weighted by molar-refractivity contribution is 0.0224. The van der Waals surface area contributed by atoms with Gasteiger partial charge in [-0.3, -0.25) is 4.90 Å². The van der Waals surface area contributed by atoms with Crippen LogP contribution in [0.2, 0.25) is 0 Å². The Labute approximate surface area is 146 Å². The van der Waals surface area contributed by atoms with Gasteiger partial charge in [0.05, 0.1) is 13.2 Å². The van der Waals surface area contributed by atoms with E-state index in [9.17, 15) is 9.59 Å². The summed E-state index contributed by atoms with van der Waals surface area (Å²) in [6.07, 6.45) is 3.62. The number of hydrogen-bond donors (Lipinski definition) is 0. The first-order valence-electron chi connectivity index (χ1n) is 7.95. The Balaban J connectivity index is 2.27. The van der Waals surface area contributed by atoms with E-state index < -0.39 is 11.6 Å². The monoisotopic (exact) mass is 352 g/mol. The standard InChI is InChI=1S/C17H24N2O4S/c1-6-8-12-13(15(20)22-5)18-14(24-12)11-9-7-10-19(11)16(21)23-17(2,3)4/h6,11H,1,7-10H2,2-5H3/t11-/m0/s1. The molecule has 1 amide bonds. The molecule has 1 fully saturated rings. The fourth-order valence-corrected chi connectivity index (χ4v) is 3.80. The summed E-state index contributed by atoms with van der Waals surface area (Å²) in [7, 11) is 1.33. The highest BCUT2D eigenvalue weighted by molar-refractivity contribution is 7.12. The molecule has 0 radical (unpaired) electrons. The van der Waals surface area contributed by atoms with Crippen LogP contribution in [0.3, 0.4) is 0 Å². The van der Waals surface area contributed by atoms with Gasteiger partial charge in [-0.25, -0.2) is 14.6 Å². The van der Waals surface area contributed by atoms with Crippen LogP contribution in [0, 0.1) is 0 Å². The summed E-state index contributed by atoms with van der Waals surface area (Å²) in [4.78, 5) is 31.3. The molecule has 0 bridgehead atoms. The molecule has 0 unspecified atom stereocenters. The number of rotatable bonds is 4. The van der Waals surface area contributed by atoms with Crippen LogP contribution >= 0.6 is 11.3 Å². The number of thiazole rings is 1. The summed E-state index contributed by atoms with van der Waals surface area (Å²) in [5.41, 5.74) is -0.230. The number of aromatic nitrogens is 1. The molecule has 0 N–H and O–H groups in total. The van der Waals surface area contributed by atoms with Crippen LogP contribution in [0.15, 0.2) is 12.7 Å².